The molecule has 0 spiro atoms. The molecule has 4 nitrogen and oxygen atoms in total. The Morgan fingerprint density at radius 3 is 2.31 bits per heavy atom. The third-order valence-electron chi connectivity index (χ3n) is 4.44. The van der Waals surface area contributed by atoms with Crippen LogP contribution in [-0.2, 0) is 9.53 Å². The van der Waals surface area contributed by atoms with Gasteiger partial charge in [0.15, 0.2) is 0 Å². The zero-order valence-corrected chi connectivity index (χ0v) is 14.7. The summed E-state index contributed by atoms with van der Waals surface area (Å²) < 4.78 is 5.55. The van der Waals surface area contributed by atoms with Crippen LogP contribution >= 0.6 is 0 Å². The summed E-state index contributed by atoms with van der Waals surface area (Å²) in [7, 11) is 0. The van der Waals surface area contributed by atoms with Gasteiger partial charge in [0.1, 0.15) is 6.10 Å². The summed E-state index contributed by atoms with van der Waals surface area (Å²) in [5, 5.41) is 2.78. The summed E-state index contributed by atoms with van der Waals surface area (Å²) in [5.41, 5.74) is 2.11. The number of hydrogen-bond acceptors (Lipinski definition) is 3. The Kier molecular flexibility index (Phi) is 6.20. The van der Waals surface area contributed by atoms with E-state index in [1.807, 2.05) is 30.3 Å². The largest absolute Gasteiger partial charge is 0.459 e. The molecular weight excluding hydrogens is 326 g/mol. The van der Waals surface area contributed by atoms with E-state index in [0.717, 1.165) is 31.2 Å². The van der Waals surface area contributed by atoms with E-state index in [0.29, 0.717) is 11.3 Å². The van der Waals surface area contributed by atoms with Crippen molar-refractivity contribution in [2.75, 3.05) is 5.32 Å². The van der Waals surface area contributed by atoms with Crippen molar-refractivity contribution in [1.29, 1.82) is 0 Å². The van der Waals surface area contributed by atoms with E-state index in [4.69, 9.17) is 4.74 Å². The van der Waals surface area contributed by atoms with E-state index in [9.17, 15) is 9.59 Å². The van der Waals surface area contributed by atoms with Crippen LogP contribution in [-0.4, -0.2) is 18.0 Å². The minimum Gasteiger partial charge on any atom is -0.459 e. The second kappa shape index (κ2) is 8.99. The lowest BCUT2D eigenvalue weighted by atomic mass is 9.98. The molecule has 1 fully saturated rings. The van der Waals surface area contributed by atoms with Gasteiger partial charge < -0.3 is 10.1 Å². The number of nitrogens with one attached hydrogen (secondary N) is 1. The van der Waals surface area contributed by atoms with Crippen LogP contribution in [0.2, 0.25) is 0 Å². The molecule has 4 heteroatoms. The summed E-state index contributed by atoms with van der Waals surface area (Å²) in [4.78, 5) is 24.2. The molecular formula is C22H23NO3. The van der Waals surface area contributed by atoms with E-state index in [1.165, 1.54) is 12.5 Å². The first-order valence-corrected chi connectivity index (χ1v) is 9.06. The van der Waals surface area contributed by atoms with Gasteiger partial charge in [0.05, 0.1) is 5.56 Å². The van der Waals surface area contributed by atoms with Crippen LogP contribution in [0.3, 0.4) is 0 Å². The zero-order valence-electron chi connectivity index (χ0n) is 14.7. The maximum absolute atomic E-state index is 12.2. The molecule has 3 rings (SSSR count). The second-order valence-corrected chi connectivity index (χ2v) is 6.48. The Hall–Kier alpha value is -2.88. The normalized spacial score (nSPS) is 14.9. The van der Waals surface area contributed by atoms with Gasteiger partial charge in [-0.3, -0.25) is 4.79 Å². The summed E-state index contributed by atoms with van der Waals surface area (Å²) >= 11 is 0. The standard InChI is InChI=1S/C22H23NO3/c24-21(16-11-17-7-3-1-4-8-17)23-19-14-12-18(13-15-19)22(25)26-20-9-5-2-6-10-20/h1,3-4,7-8,11-16,20H,2,5-6,9-10H2,(H,23,24). The topological polar surface area (TPSA) is 55.4 Å². The molecule has 2 aromatic rings. The Labute approximate surface area is 153 Å². The molecule has 0 heterocycles. The Bertz CT molecular complexity index is 760. The molecule has 1 amide bonds. The fourth-order valence-corrected chi connectivity index (χ4v) is 3.01. The van der Waals surface area contributed by atoms with Gasteiger partial charge in [-0.15, -0.1) is 0 Å². The van der Waals surface area contributed by atoms with E-state index in [1.54, 1.807) is 30.3 Å². The van der Waals surface area contributed by atoms with Gasteiger partial charge in [-0.25, -0.2) is 4.79 Å². The van der Waals surface area contributed by atoms with Crippen LogP contribution < -0.4 is 5.32 Å². The minimum atomic E-state index is -0.293. The highest BCUT2D eigenvalue weighted by Crippen LogP contribution is 2.21. The third-order valence-corrected chi connectivity index (χ3v) is 4.44. The number of carbonyl (C=O) groups excluding carboxylic acids is 2. The summed E-state index contributed by atoms with van der Waals surface area (Å²) in [6.07, 6.45) is 8.66. The van der Waals surface area contributed by atoms with Crippen LogP contribution in [0.15, 0.2) is 60.7 Å². The molecule has 1 N–H and O–H groups in total. The average Bonchev–Trinajstić information content (AvgIpc) is 2.68. The number of amides is 1. The highest BCUT2D eigenvalue weighted by atomic mass is 16.5. The molecule has 1 aliphatic carbocycles. The average molecular weight is 349 g/mol. The van der Waals surface area contributed by atoms with Crippen LogP contribution in [0.25, 0.3) is 6.08 Å². The van der Waals surface area contributed by atoms with Gasteiger partial charge in [0.2, 0.25) is 5.91 Å². The van der Waals surface area contributed by atoms with Crippen molar-refractivity contribution in [3.63, 3.8) is 0 Å². The summed E-state index contributed by atoms with van der Waals surface area (Å²) in [6.45, 7) is 0. The summed E-state index contributed by atoms with van der Waals surface area (Å²) in [5.74, 6) is -0.509. The molecule has 0 saturated heterocycles. The first-order valence-electron chi connectivity index (χ1n) is 9.06. The van der Waals surface area contributed by atoms with E-state index < -0.39 is 0 Å². The van der Waals surface area contributed by atoms with Crippen molar-refractivity contribution < 1.29 is 14.3 Å². The maximum atomic E-state index is 12.2. The molecule has 26 heavy (non-hydrogen) atoms. The Balaban J connectivity index is 1.52. The maximum Gasteiger partial charge on any atom is 0.338 e. The van der Waals surface area contributed by atoms with Gasteiger partial charge in [-0.05, 0) is 61.6 Å². The molecule has 0 radical (unpaired) electrons. The van der Waals surface area contributed by atoms with E-state index in [-0.39, 0.29) is 18.0 Å². The fourth-order valence-electron chi connectivity index (χ4n) is 3.01. The first-order chi connectivity index (χ1) is 12.7. The van der Waals surface area contributed by atoms with Gasteiger partial charge >= 0.3 is 5.97 Å². The van der Waals surface area contributed by atoms with Gasteiger partial charge in [0.25, 0.3) is 0 Å². The van der Waals surface area contributed by atoms with Crippen LogP contribution in [0.5, 0.6) is 0 Å². The van der Waals surface area contributed by atoms with Crippen molar-refractivity contribution in [2.24, 2.45) is 0 Å². The highest BCUT2D eigenvalue weighted by molar-refractivity contribution is 6.02. The smallest absolute Gasteiger partial charge is 0.338 e. The number of benzene rings is 2. The highest BCUT2D eigenvalue weighted by Gasteiger charge is 2.18. The number of anilines is 1. The van der Waals surface area contributed by atoms with Crippen molar-refractivity contribution in [2.45, 2.75) is 38.2 Å². The van der Waals surface area contributed by atoms with Crippen LogP contribution in [0.4, 0.5) is 5.69 Å². The lowest BCUT2D eigenvalue weighted by molar-refractivity contribution is -0.111. The monoisotopic (exact) mass is 349 g/mol. The number of ether oxygens (including phenoxy) is 1. The van der Waals surface area contributed by atoms with Crippen LogP contribution in [0, 0.1) is 0 Å². The fraction of sp³-hybridized carbons (Fsp3) is 0.273. The molecule has 0 aliphatic heterocycles. The number of esters is 1. The first kappa shape index (κ1) is 17.9. The predicted molar refractivity (Wildman–Crippen MR) is 103 cm³/mol. The van der Waals surface area contributed by atoms with Gasteiger partial charge in [-0.2, -0.15) is 0 Å². The van der Waals surface area contributed by atoms with E-state index >= 15 is 0 Å². The molecule has 0 bridgehead atoms. The molecule has 134 valence electrons. The SMILES string of the molecule is O=C(C=Cc1ccccc1)Nc1ccc(C(=O)OC2CCCCC2)cc1. The zero-order chi connectivity index (χ0) is 18.2. The summed E-state index contributed by atoms with van der Waals surface area (Å²) in [6, 6.07) is 16.4. The van der Waals surface area contributed by atoms with Crippen molar-refractivity contribution in [3.8, 4) is 0 Å². The second-order valence-electron chi connectivity index (χ2n) is 6.48. The molecule has 1 saturated carbocycles. The van der Waals surface area contributed by atoms with Crippen molar-refractivity contribution in [1.82, 2.24) is 0 Å². The predicted octanol–water partition coefficient (Wildman–Crippen LogP) is 4.83. The third kappa shape index (κ3) is 5.31. The lowest BCUT2D eigenvalue weighted by Crippen LogP contribution is -2.20. The van der Waals surface area contributed by atoms with Gasteiger partial charge in [0, 0.05) is 11.8 Å². The van der Waals surface area contributed by atoms with Crippen LogP contribution in [0.1, 0.15) is 48.0 Å². The molecule has 0 unspecified atom stereocenters. The number of hydrogen-bond donors (Lipinski definition) is 1. The molecule has 0 aromatic heterocycles. The molecule has 2 aromatic carbocycles. The Morgan fingerprint density at radius 1 is 0.923 bits per heavy atom. The van der Waals surface area contributed by atoms with E-state index in [2.05, 4.69) is 5.32 Å². The number of carbonyl (C=O) groups is 2. The van der Waals surface area contributed by atoms with Gasteiger partial charge in [-0.1, -0.05) is 36.8 Å². The van der Waals surface area contributed by atoms with Crippen molar-refractivity contribution >= 4 is 23.6 Å². The minimum absolute atomic E-state index is 0.0405. The quantitative estimate of drug-likeness (QED) is 0.621. The lowest BCUT2D eigenvalue weighted by Gasteiger charge is -2.21. The van der Waals surface area contributed by atoms with Crippen molar-refractivity contribution in [3.05, 3.63) is 71.8 Å². The Morgan fingerprint density at radius 2 is 1.62 bits per heavy atom. The molecule has 1 aliphatic rings. The molecule has 0 atom stereocenters. The number of rotatable bonds is 5.